The zero-order chi connectivity index (χ0) is 22.2. The normalized spacial score (nSPS) is 23.7. The molecular weight excluding hydrogens is 413 g/mol. The number of piperidine rings is 1. The van der Waals surface area contributed by atoms with Crippen molar-refractivity contribution in [2.24, 2.45) is 0 Å². The van der Waals surface area contributed by atoms with E-state index in [9.17, 15) is 22.8 Å². The van der Waals surface area contributed by atoms with E-state index in [-0.39, 0.29) is 18.6 Å². The van der Waals surface area contributed by atoms with Gasteiger partial charge in [-0.05, 0) is 49.8 Å². The van der Waals surface area contributed by atoms with Crippen molar-refractivity contribution in [2.45, 2.75) is 62.5 Å². The van der Waals surface area contributed by atoms with Gasteiger partial charge in [0.1, 0.15) is 0 Å². The maximum absolute atomic E-state index is 13.1. The highest BCUT2D eigenvalue weighted by Gasteiger charge is 2.53. The van der Waals surface area contributed by atoms with Crippen molar-refractivity contribution in [3.63, 3.8) is 0 Å². The lowest BCUT2D eigenvalue weighted by Gasteiger charge is -2.39. The van der Waals surface area contributed by atoms with Crippen LogP contribution in [0.1, 0.15) is 48.0 Å². The summed E-state index contributed by atoms with van der Waals surface area (Å²) < 4.78 is 50.0. The Bertz CT molecular complexity index is 832. The van der Waals surface area contributed by atoms with Gasteiger partial charge in [-0.1, -0.05) is 12.1 Å². The number of carbonyl (C=O) groups excluding carboxylic acids is 2. The van der Waals surface area contributed by atoms with E-state index in [0.29, 0.717) is 44.2 Å². The number of halogens is 3. The van der Waals surface area contributed by atoms with Gasteiger partial charge in [-0.3, -0.25) is 9.69 Å². The molecule has 1 saturated carbocycles. The molecule has 0 radical (unpaired) electrons. The van der Waals surface area contributed by atoms with Crippen molar-refractivity contribution in [2.75, 3.05) is 26.8 Å². The van der Waals surface area contributed by atoms with Crippen molar-refractivity contribution >= 4 is 11.9 Å². The van der Waals surface area contributed by atoms with Crippen molar-refractivity contribution in [1.29, 1.82) is 0 Å². The Labute approximate surface area is 179 Å². The van der Waals surface area contributed by atoms with E-state index < -0.39 is 23.7 Å². The van der Waals surface area contributed by atoms with Gasteiger partial charge < -0.3 is 14.4 Å². The summed E-state index contributed by atoms with van der Waals surface area (Å²) in [5, 5.41) is 0. The molecule has 2 aliphatic heterocycles. The van der Waals surface area contributed by atoms with Gasteiger partial charge in [-0.25, -0.2) is 4.79 Å². The van der Waals surface area contributed by atoms with E-state index in [4.69, 9.17) is 9.47 Å². The number of alkyl halides is 3. The SMILES string of the molecule is COC(=O)c1cccc(CN2CCC3(CC2)CC(N(C(=O)C(F)(F)F)C2CC2)CO3)c1. The molecule has 4 rings (SSSR count). The third-order valence-electron chi connectivity index (χ3n) is 6.52. The minimum absolute atomic E-state index is 0.166. The van der Waals surface area contributed by atoms with E-state index in [2.05, 4.69) is 4.90 Å². The van der Waals surface area contributed by atoms with Crippen molar-refractivity contribution in [3.05, 3.63) is 35.4 Å². The predicted octanol–water partition coefficient (Wildman–Crippen LogP) is 3.15. The van der Waals surface area contributed by atoms with Gasteiger partial charge in [-0.15, -0.1) is 0 Å². The molecule has 1 aromatic rings. The maximum Gasteiger partial charge on any atom is 0.471 e. The monoisotopic (exact) mass is 440 g/mol. The molecule has 3 fully saturated rings. The Morgan fingerprint density at radius 1 is 1.23 bits per heavy atom. The first kappa shape index (κ1) is 22.1. The molecule has 1 amide bonds. The van der Waals surface area contributed by atoms with Crippen LogP contribution in [0.4, 0.5) is 13.2 Å². The lowest BCUT2D eigenvalue weighted by molar-refractivity contribution is -0.188. The van der Waals surface area contributed by atoms with Gasteiger partial charge in [0.2, 0.25) is 0 Å². The summed E-state index contributed by atoms with van der Waals surface area (Å²) in [6, 6.07) is 6.48. The standard InChI is InChI=1S/C22H27F3N2O4/c1-30-19(28)16-4-2-3-15(11-16)13-26-9-7-21(8-10-26)12-18(14-31-21)27(17-5-6-17)20(29)22(23,24)25/h2-4,11,17-18H,5-10,12-14H2,1H3. The third-order valence-corrected chi connectivity index (χ3v) is 6.52. The van der Waals surface area contributed by atoms with Gasteiger partial charge in [-0.2, -0.15) is 13.2 Å². The summed E-state index contributed by atoms with van der Waals surface area (Å²) in [5.74, 6) is -2.11. The highest BCUT2D eigenvalue weighted by atomic mass is 19.4. The van der Waals surface area contributed by atoms with E-state index in [1.54, 1.807) is 6.07 Å². The molecule has 1 spiro atoms. The molecule has 0 bridgehead atoms. The van der Waals surface area contributed by atoms with Crippen LogP contribution in [-0.4, -0.2) is 72.3 Å². The number of benzene rings is 1. The molecule has 2 heterocycles. The minimum Gasteiger partial charge on any atom is -0.465 e. The number of ether oxygens (including phenoxy) is 2. The second-order valence-electron chi connectivity index (χ2n) is 8.76. The quantitative estimate of drug-likeness (QED) is 0.659. The molecule has 1 aromatic carbocycles. The lowest BCUT2D eigenvalue weighted by atomic mass is 9.86. The summed E-state index contributed by atoms with van der Waals surface area (Å²) in [7, 11) is 1.35. The smallest absolute Gasteiger partial charge is 0.465 e. The van der Waals surface area contributed by atoms with Crippen LogP contribution < -0.4 is 0 Å². The predicted molar refractivity (Wildman–Crippen MR) is 105 cm³/mol. The van der Waals surface area contributed by atoms with Crippen molar-refractivity contribution in [3.8, 4) is 0 Å². The molecule has 1 atom stereocenters. The van der Waals surface area contributed by atoms with Crippen LogP contribution in [0.25, 0.3) is 0 Å². The highest BCUT2D eigenvalue weighted by molar-refractivity contribution is 5.89. The minimum atomic E-state index is -4.85. The number of amides is 1. The van der Waals surface area contributed by atoms with E-state index >= 15 is 0 Å². The lowest BCUT2D eigenvalue weighted by Crippen LogP contribution is -2.50. The molecule has 3 aliphatic rings. The van der Waals surface area contributed by atoms with Crippen LogP contribution in [0, 0.1) is 0 Å². The van der Waals surface area contributed by atoms with E-state index in [1.165, 1.54) is 7.11 Å². The van der Waals surface area contributed by atoms with Gasteiger partial charge in [0.15, 0.2) is 0 Å². The Hall–Kier alpha value is -2.13. The first-order valence-electron chi connectivity index (χ1n) is 10.6. The van der Waals surface area contributed by atoms with Crippen LogP contribution >= 0.6 is 0 Å². The molecule has 1 aliphatic carbocycles. The molecule has 1 unspecified atom stereocenters. The van der Waals surface area contributed by atoms with Gasteiger partial charge in [0, 0.05) is 25.7 Å². The molecule has 170 valence electrons. The first-order valence-corrected chi connectivity index (χ1v) is 10.6. The zero-order valence-corrected chi connectivity index (χ0v) is 17.5. The topological polar surface area (TPSA) is 59.1 Å². The van der Waals surface area contributed by atoms with Crippen LogP contribution in [0.15, 0.2) is 24.3 Å². The maximum atomic E-state index is 13.1. The third kappa shape index (κ3) is 4.87. The van der Waals surface area contributed by atoms with Gasteiger partial charge >= 0.3 is 18.1 Å². The van der Waals surface area contributed by atoms with Crippen molar-refractivity contribution in [1.82, 2.24) is 9.80 Å². The molecule has 6 nitrogen and oxygen atoms in total. The van der Waals surface area contributed by atoms with Crippen LogP contribution in [0.2, 0.25) is 0 Å². The second-order valence-corrected chi connectivity index (χ2v) is 8.76. The molecule has 2 saturated heterocycles. The van der Waals surface area contributed by atoms with Crippen LogP contribution in [0.3, 0.4) is 0 Å². The number of nitrogens with zero attached hydrogens (tertiary/aromatic N) is 2. The Morgan fingerprint density at radius 3 is 2.55 bits per heavy atom. The zero-order valence-electron chi connectivity index (χ0n) is 17.5. The van der Waals surface area contributed by atoms with Gasteiger partial charge in [0.05, 0.1) is 30.9 Å². The molecule has 31 heavy (non-hydrogen) atoms. The number of hydrogen-bond acceptors (Lipinski definition) is 5. The summed E-state index contributed by atoms with van der Waals surface area (Å²) in [6.45, 7) is 2.32. The summed E-state index contributed by atoms with van der Waals surface area (Å²) in [6.07, 6.45) is -1.72. The van der Waals surface area contributed by atoms with Crippen LogP contribution in [0.5, 0.6) is 0 Å². The Kier molecular flexibility index (Phi) is 6.00. The largest absolute Gasteiger partial charge is 0.471 e. The number of carbonyl (C=O) groups is 2. The number of rotatable bonds is 5. The second kappa shape index (κ2) is 8.43. The average molecular weight is 440 g/mol. The van der Waals surface area contributed by atoms with E-state index in [0.717, 1.165) is 23.6 Å². The number of likely N-dealkylation sites (tertiary alicyclic amines) is 1. The molecular formula is C22H27F3N2O4. The fourth-order valence-electron chi connectivity index (χ4n) is 4.77. The van der Waals surface area contributed by atoms with E-state index in [1.807, 2.05) is 18.2 Å². The summed E-state index contributed by atoms with van der Waals surface area (Å²) in [4.78, 5) is 27.0. The summed E-state index contributed by atoms with van der Waals surface area (Å²) >= 11 is 0. The van der Waals surface area contributed by atoms with Gasteiger partial charge in [0.25, 0.3) is 0 Å². The Morgan fingerprint density at radius 2 is 1.94 bits per heavy atom. The first-order chi connectivity index (χ1) is 14.7. The fourth-order valence-corrected chi connectivity index (χ4v) is 4.77. The van der Waals surface area contributed by atoms with Crippen molar-refractivity contribution < 1.29 is 32.2 Å². The molecule has 9 heteroatoms. The molecule has 0 aromatic heterocycles. The number of methoxy groups -OCH3 is 1. The molecule has 0 N–H and O–H groups in total. The highest BCUT2D eigenvalue weighted by Crippen LogP contribution is 2.42. The fraction of sp³-hybridized carbons (Fsp3) is 0.636. The number of hydrogen-bond donors (Lipinski definition) is 0. The summed E-state index contributed by atoms with van der Waals surface area (Å²) in [5.41, 5.74) is 1.04. The number of esters is 1. The Balaban J connectivity index is 1.35. The van der Waals surface area contributed by atoms with Crippen LogP contribution in [-0.2, 0) is 20.8 Å². The average Bonchev–Trinajstić information content (AvgIpc) is 3.50.